The lowest BCUT2D eigenvalue weighted by Gasteiger charge is -2.11. The average molecular weight is 255 g/mol. The van der Waals surface area contributed by atoms with Gasteiger partial charge in [-0.2, -0.15) is 14.0 Å². The average Bonchev–Trinajstić information content (AvgIpc) is 2.30. The fourth-order valence-corrected chi connectivity index (χ4v) is 1.37. The Kier molecular flexibility index (Phi) is 4.60. The molecular weight excluding hydrogens is 244 g/mol. The molecule has 0 saturated heterocycles. The van der Waals surface area contributed by atoms with E-state index in [0.717, 1.165) is 6.07 Å². The van der Waals surface area contributed by atoms with Crippen LogP contribution in [0.5, 0.6) is 5.75 Å². The third-order valence-electron chi connectivity index (χ3n) is 2.16. The molecule has 18 heavy (non-hydrogen) atoms. The molecule has 0 aromatic heterocycles. The summed E-state index contributed by atoms with van der Waals surface area (Å²) >= 11 is 0. The zero-order chi connectivity index (χ0) is 13.7. The smallest absolute Gasteiger partial charge is 0.387 e. The molecule has 0 aliphatic heterocycles. The first-order chi connectivity index (χ1) is 8.49. The van der Waals surface area contributed by atoms with Gasteiger partial charge in [-0.05, 0) is 31.5 Å². The van der Waals surface area contributed by atoms with Gasteiger partial charge >= 0.3 is 12.6 Å². The number of nitrogens with zero attached hydrogens (tertiary/aromatic N) is 1. The summed E-state index contributed by atoms with van der Waals surface area (Å²) in [5, 5.41) is 8.80. The molecular formula is C12H11F2NO3. The van der Waals surface area contributed by atoms with Crippen molar-refractivity contribution in [2.24, 2.45) is 0 Å². The number of halogens is 2. The first kappa shape index (κ1) is 13.9. The van der Waals surface area contributed by atoms with Gasteiger partial charge in [0.1, 0.15) is 11.3 Å². The zero-order valence-electron chi connectivity index (χ0n) is 9.87. The van der Waals surface area contributed by atoms with Crippen LogP contribution < -0.4 is 4.74 Å². The number of benzene rings is 1. The highest BCUT2D eigenvalue weighted by molar-refractivity contribution is 5.93. The lowest BCUT2D eigenvalue weighted by Crippen LogP contribution is -2.11. The molecule has 1 rings (SSSR count). The van der Waals surface area contributed by atoms with Crippen molar-refractivity contribution in [2.45, 2.75) is 20.5 Å². The van der Waals surface area contributed by atoms with E-state index in [0.29, 0.717) is 5.56 Å². The number of hydrogen-bond donors (Lipinski definition) is 0. The van der Waals surface area contributed by atoms with E-state index in [1.165, 1.54) is 6.07 Å². The van der Waals surface area contributed by atoms with E-state index in [4.69, 9.17) is 10.00 Å². The minimum Gasteiger partial charge on any atom is -0.462 e. The third kappa shape index (κ3) is 3.17. The first-order valence-electron chi connectivity index (χ1n) is 5.16. The largest absolute Gasteiger partial charge is 0.462 e. The van der Waals surface area contributed by atoms with Crippen molar-refractivity contribution >= 4 is 5.97 Å². The Morgan fingerprint density at radius 3 is 2.67 bits per heavy atom. The second-order valence-corrected chi connectivity index (χ2v) is 3.37. The van der Waals surface area contributed by atoms with Gasteiger partial charge in [0.2, 0.25) is 0 Å². The standard InChI is InChI=1S/C12H11F2NO3/c1-3-17-11(16)9-4-7(2)8(6-15)5-10(9)18-12(13)14/h4-5,12H,3H2,1-2H3. The Morgan fingerprint density at radius 1 is 1.50 bits per heavy atom. The van der Waals surface area contributed by atoms with Crippen molar-refractivity contribution in [3.05, 3.63) is 28.8 Å². The van der Waals surface area contributed by atoms with Crippen molar-refractivity contribution in [1.29, 1.82) is 5.26 Å². The van der Waals surface area contributed by atoms with Crippen LogP contribution in [-0.4, -0.2) is 19.2 Å². The molecule has 0 atom stereocenters. The highest BCUT2D eigenvalue weighted by atomic mass is 19.3. The summed E-state index contributed by atoms with van der Waals surface area (Å²) in [4.78, 5) is 11.6. The number of nitriles is 1. The summed E-state index contributed by atoms with van der Waals surface area (Å²) in [6.07, 6.45) is 0. The molecule has 0 unspecified atom stereocenters. The molecule has 0 spiro atoms. The molecule has 0 amide bonds. The summed E-state index contributed by atoms with van der Waals surface area (Å²) in [5.74, 6) is -1.12. The highest BCUT2D eigenvalue weighted by Crippen LogP contribution is 2.25. The van der Waals surface area contributed by atoms with Crippen LogP contribution in [0, 0.1) is 18.3 Å². The Hall–Kier alpha value is -2.16. The maximum Gasteiger partial charge on any atom is 0.387 e. The van der Waals surface area contributed by atoms with E-state index >= 15 is 0 Å². The SMILES string of the molecule is CCOC(=O)c1cc(C)c(C#N)cc1OC(F)F. The summed E-state index contributed by atoms with van der Waals surface area (Å²) in [6, 6.07) is 4.23. The molecule has 0 saturated carbocycles. The topological polar surface area (TPSA) is 59.3 Å². The van der Waals surface area contributed by atoms with Crippen molar-refractivity contribution in [3.8, 4) is 11.8 Å². The van der Waals surface area contributed by atoms with Gasteiger partial charge in [-0.25, -0.2) is 4.79 Å². The molecule has 0 bridgehead atoms. The number of rotatable bonds is 4. The summed E-state index contributed by atoms with van der Waals surface area (Å²) < 4.78 is 33.4. The van der Waals surface area contributed by atoms with Crippen molar-refractivity contribution in [1.82, 2.24) is 0 Å². The van der Waals surface area contributed by atoms with Crippen LogP contribution in [0.2, 0.25) is 0 Å². The maximum atomic E-state index is 12.2. The second-order valence-electron chi connectivity index (χ2n) is 3.37. The van der Waals surface area contributed by atoms with E-state index in [2.05, 4.69) is 4.74 Å². The van der Waals surface area contributed by atoms with Crippen LogP contribution in [0.1, 0.15) is 28.4 Å². The second kappa shape index (κ2) is 5.96. The molecule has 0 aliphatic carbocycles. The Balaban J connectivity index is 3.25. The van der Waals surface area contributed by atoms with Gasteiger partial charge < -0.3 is 9.47 Å². The van der Waals surface area contributed by atoms with Crippen LogP contribution in [0.15, 0.2) is 12.1 Å². The Labute approximate surface area is 103 Å². The van der Waals surface area contributed by atoms with Gasteiger partial charge in [0.05, 0.1) is 18.2 Å². The van der Waals surface area contributed by atoms with Crippen LogP contribution in [0.3, 0.4) is 0 Å². The Morgan fingerprint density at radius 2 is 2.17 bits per heavy atom. The third-order valence-corrected chi connectivity index (χ3v) is 2.16. The highest BCUT2D eigenvalue weighted by Gasteiger charge is 2.19. The maximum absolute atomic E-state index is 12.2. The number of hydrogen-bond acceptors (Lipinski definition) is 4. The van der Waals surface area contributed by atoms with Gasteiger partial charge in [-0.3, -0.25) is 0 Å². The number of aryl methyl sites for hydroxylation is 1. The predicted molar refractivity (Wildman–Crippen MR) is 58.5 cm³/mol. The summed E-state index contributed by atoms with van der Waals surface area (Å²) in [5.41, 5.74) is 0.537. The van der Waals surface area contributed by atoms with Crippen LogP contribution in [0.25, 0.3) is 0 Å². The summed E-state index contributed by atoms with van der Waals surface area (Å²) in [7, 11) is 0. The molecule has 0 N–H and O–H groups in total. The predicted octanol–water partition coefficient (Wildman–Crippen LogP) is 2.64. The van der Waals surface area contributed by atoms with E-state index < -0.39 is 12.6 Å². The van der Waals surface area contributed by atoms with Crippen molar-refractivity contribution < 1.29 is 23.0 Å². The number of ether oxygens (including phenoxy) is 2. The van der Waals surface area contributed by atoms with Crippen molar-refractivity contribution in [3.63, 3.8) is 0 Å². The fourth-order valence-electron chi connectivity index (χ4n) is 1.37. The van der Waals surface area contributed by atoms with Crippen molar-refractivity contribution in [2.75, 3.05) is 6.61 Å². The molecule has 0 aliphatic rings. The van der Waals surface area contributed by atoms with E-state index in [1.807, 2.05) is 6.07 Å². The molecule has 1 aromatic rings. The van der Waals surface area contributed by atoms with Crippen LogP contribution in [-0.2, 0) is 4.74 Å². The summed E-state index contributed by atoms with van der Waals surface area (Å²) in [6.45, 7) is 0.231. The quantitative estimate of drug-likeness (QED) is 0.776. The molecule has 0 fully saturated rings. The Bertz CT molecular complexity index is 495. The van der Waals surface area contributed by atoms with Gasteiger partial charge in [0.15, 0.2) is 0 Å². The number of esters is 1. The molecule has 0 heterocycles. The van der Waals surface area contributed by atoms with Gasteiger partial charge in [-0.1, -0.05) is 0 Å². The lowest BCUT2D eigenvalue weighted by molar-refractivity contribution is -0.0504. The molecule has 0 radical (unpaired) electrons. The lowest BCUT2D eigenvalue weighted by atomic mass is 10.0. The first-order valence-corrected chi connectivity index (χ1v) is 5.16. The number of carbonyl (C=O) groups is 1. The van der Waals surface area contributed by atoms with E-state index in [9.17, 15) is 13.6 Å². The number of carbonyl (C=O) groups excluding carboxylic acids is 1. The minimum atomic E-state index is -3.08. The minimum absolute atomic E-state index is 0.117. The normalized spacial score (nSPS) is 10.0. The molecule has 1 aromatic carbocycles. The van der Waals surface area contributed by atoms with Gasteiger partial charge in [-0.15, -0.1) is 0 Å². The zero-order valence-corrected chi connectivity index (χ0v) is 9.87. The van der Waals surface area contributed by atoms with E-state index in [1.54, 1.807) is 13.8 Å². The molecule has 96 valence electrons. The van der Waals surface area contributed by atoms with Gasteiger partial charge in [0, 0.05) is 0 Å². The van der Waals surface area contributed by atoms with Crippen LogP contribution >= 0.6 is 0 Å². The molecule has 4 nitrogen and oxygen atoms in total. The fraction of sp³-hybridized carbons (Fsp3) is 0.333. The van der Waals surface area contributed by atoms with Crippen LogP contribution in [0.4, 0.5) is 8.78 Å². The van der Waals surface area contributed by atoms with Gasteiger partial charge in [0.25, 0.3) is 0 Å². The molecule has 6 heteroatoms. The monoisotopic (exact) mass is 255 g/mol. The van der Waals surface area contributed by atoms with E-state index in [-0.39, 0.29) is 23.5 Å². The number of alkyl halides is 2.